The fraction of sp³-hybridized carbons (Fsp3) is 1.00. The SMILES string of the molecule is CNC1CC(OCCOC(C)C)C1OCCOC. The van der Waals surface area contributed by atoms with E-state index in [1.165, 1.54) is 0 Å². The molecule has 0 radical (unpaired) electrons. The van der Waals surface area contributed by atoms with Crippen molar-refractivity contribution in [2.45, 2.75) is 44.6 Å². The second-order valence-corrected chi connectivity index (χ2v) is 4.79. The van der Waals surface area contributed by atoms with Gasteiger partial charge in [-0.2, -0.15) is 0 Å². The van der Waals surface area contributed by atoms with Gasteiger partial charge in [0, 0.05) is 13.2 Å². The van der Waals surface area contributed by atoms with E-state index in [2.05, 4.69) is 5.32 Å². The lowest BCUT2D eigenvalue weighted by Gasteiger charge is -2.43. The molecule has 3 unspecified atom stereocenters. The van der Waals surface area contributed by atoms with Crippen LogP contribution in [-0.4, -0.2) is 64.9 Å². The molecule has 1 rings (SSSR count). The Morgan fingerprint density at radius 3 is 2.44 bits per heavy atom. The average molecular weight is 261 g/mol. The summed E-state index contributed by atoms with van der Waals surface area (Å²) >= 11 is 0. The van der Waals surface area contributed by atoms with Gasteiger partial charge < -0.3 is 24.3 Å². The summed E-state index contributed by atoms with van der Waals surface area (Å²) in [6, 6.07) is 0.387. The molecular formula is C13H27NO4. The quantitative estimate of drug-likeness (QED) is 0.590. The molecular weight excluding hydrogens is 234 g/mol. The van der Waals surface area contributed by atoms with Gasteiger partial charge in [0.25, 0.3) is 0 Å². The predicted octanol–water partition coefficient (Wildman–Crippen LogP) is 0.820. The molecule has 3 atom stereocenters. The van der Waals surface area contributed by atoms with Crippen LogP contribution in [0.5, 0.6) is 0 Å². The van der Waals surface area contributed by atoms with Crippen LogP contribution in [0.15, 0.2) is 0 Å². The van der Waals surface area contributed by atoms with Gasteiger partial charge in [0.05, 0.1) is 44.7 Å². The van der Waals surface area contributed by atoms with Crippen molar-refractivity contribution in [3.8, 4) is 0 Å². The fourth-order valence-electron chi connectivity index (χ4n) is 2.00. The lowest BCUT2D eigenvalue weighted by Crippen LogP contribution is -2.59. The minimum absolute atomic E-state index is 0.129. The van der Waals surface area contributed by atoms with Crippen LogP contribution in [0.1, 0.15) is 20.3 Å². The number of hydrogen-bond acceptors (Lipinski definition) is 5. The zero-order chi connectivity index (χ0) is 13.4. The van der Waals surface area contributed by atoms with Gasteiger partial charge in [-0.25, -0.2) is 0 Å². The molecule has 0 saturated heterocycles. The lowest BCUT2D eigenvalue weighted by atomic mass is 9.85. The Kier molecular flexibility index (Phi) is 7.77. The third-order valence-electron chi connectivity index (χ3n) is 3.08. The molecule has 0 aromatic rings. The Bertz CT molecular complexity index is 213. The van der Waals surface area contributed by atoms with Crippen molar-refractivity contribution in [2.24, 2.45) is 0 Å². The summed E-state index contributed by atoms with van der Waals surface area (Å²) in [6.45, 7) is 6.55. The molecule has 0 spiro atoms. The van der Waals surface area contributed by atoms with Crippen LogP contribution < -0.4 is 5.32 Å². The zero-order valence-electron chi connectivity index (χ0n) is 12.0. The molecule has 0 bridgehead atoms. The first-order valence-electron chi connectivity index (χ1n) is 6.70. The van der Waals surface area contributed by atoms with Gasteiger partial charge >= 0.3 is 0 Å². The Labute approximate surface area is 110 Å². The Balaban J connectivity index is 2.15. The summed E-state index contributed by atoms with van der Waals surface area (Å²) < 4.78 is 22.0. The lowest BCUT2D eigenvalue weighted by molar-refractivity contribution is -0.157. The predicted molar refractivity (Wildman–Crippen MR) is 69.9 cm³/mol. The van der Waals surface area contributed by atoms with Crippen molar-refractivity contribution in [3.05, 3.63) is 0 Å². The van der Waals surface area contributed by atoms with Gasteiger partial charge in [-0.15, -0.1) is 0 Å². The normalized spacial score (nSPS) is 27.5. The largest absolute Gasteiger partial charge is 0.382 e. The van der Waals surface area contributed by atoms with E-state index in [1.54, 1.807) is 7.11 Å². The third kappa shape index (κ3) is 5.20. The number of ether oxygens (including phenoxy) is 4. The number of nitrogens with one attached hydrogen (secondary N) is 1. The van der Waals surface area contributed by atoms with E-state index in [9.17, 15) is 0 Å². The number of rotatable bonds is 10. The maximum absolute atomic E-state index is 5.77. The van der Waals surface area contributed by atoms with Gasteiger partial charge in [-0.05, 0) is 27.3 Å². The van der Waals surface area contributed by atoms with Crippen LogP contribution >= 0.6 is 0 Å². The molecule has 5 heteroatoms. The smallest absolute Gasteiger partial charge is 0.0991 e. The van der Waals surface area contributed by atoms with Crippen LogP contribution in [0.25, 0.3) is 0 Å². The molecule has 1 N–H and O–H groups in total. The van der Waals surface area contributed by atoms with Crippen LogP contribution in [0.3, 0.4) is 0 Å². The Morgan fingerprint density at radius 1 is 1.11 bits per heavy atom. The Morgan fingerprint density at radius 2 is 1.83 bits per heavy atom. The molecule has 0 heterocycles. The van der Waals surface area contributed by atoms with Crippen molar-refractivity contribution in [1.29, 1.82) is 0 Å². The summed E-state index contributed by atoms with van der Waals surface area (Å²) in [4.78, 5) is 0. The summed E-state index contributed by atoms with van der Waals surface area (Å²) in [5.74, 6) is 0. The van der Waals surface area contributed by atoms with E-state index in [0.717, 1.165) is 6.42 Å². The van der Waals surface area contributed by atoms with Crippen molar-refractivity contribution in [3.63, 3.8) is 0 Å². The van der Waals surface area contributed by atoms with Crippen molar-refractivity contribution in [2.75, 3.05) is 40.6 Å². The second kappa shape index (κ2) is 8.82. The van der Waals surface area contributed by atoms with E-state index >= 15 is 0 Å². The topological polar surface area (TPSA) is 49.0 Å². The number of methoxy groups -OCH3 is 1. The van der Waals surface area contributed by atoms with Gasteiger partial charge in [-0.3, -0.25) is 0 Å². The fourth-order valence-corrected chi connectivity index (χ4v) is 2.00. The van der Waals surface area contributed by atoms with Crippen LogP contribution in [0, 0.1) is 0 Å². The van der Waals surface area contributed by atoms with Crippen molar-refractivity contribution >= 4 is 0 Å². The minimum atomic E-state index is 0.129. The maximum atomic E-state index is 5.77. The van der Waals surface area contributed by atoms with Crippen molar-refractivity contribution in [1.82, 2.24) is 5.32 Å². The molecule has 1 saturated carbocycles. The first-order chi connectivity index (χ1) is 8.69. The van der Waals surface area contributed by atoms with Gasteiger partial charge in [0.1, 0.15) is 0 Å². The molecule has 0 amide bonds. The molecule has 1 fully saturated rings. The summed E-state index contributed by atoms with van der Waals surface area (Å²) in [5, 5.41) is 3.24. The molecule has 5 nitrogen and oxygen atoms in total. The van der Waals surface area contributed by atoms with Gasteiger partial charge in [-0.1, -0.05) is 0 Å². The zero-order valence-corrected chi connectivity index (χ0v) is 12.0. The number of likely N-dealkylation sites (N-methyl/N-ethyl adjacent to an activating group) is 1. The number of hydrogen-bond donors (Lipinski definition) is 1. The monoisotopic (exact) mass is 261 g/mol. The highest BCUT2D eigenvalue weighted by atomic mass is 16.6. The minimum Gasteiger partial charge on any atom is -0.382 e. The molecule has 18 heavy (non-hydrogen) atoms. The standard InChI is InChI=1S/C13H27NO4/c1-10(2)16-7-8-17-12-9-11(14-3)13(12)18-6-5-15-4/h10-14H,5-9H2,1-4H3. The molecule has 0 aromatic heterocycles. The van der Waals surface area contributed by atoms with Gasteiger partial charge in [0.2, 0.25) is 0 Å². The summed E-state index contributed by atoms with van der Waals surface area (Å²) in [7, 11) is 3.63. The molecule has 1 aliphatic carbocycles. The third-order valence-corrected chi connectivity index (χ3v) is 3.08. The second-order valence-electron chi connectivity index (χ2n) is 4.79. The highest BCUT2D eigenvalue weighted by Crippen LogP contribution is 2.27. The Hall–Kier alpha value is -0.200. The highest BCUT2D eigenvalue weighted by Gasteiger charge is 2.41. The highest BCUT2D eigenvalue weighted by molar-refractivity contribution is 4.96. The van der Waals surface area contributed by atoms with Crippen LogP contribution in [0.4, 0.5) is 0 Å². The molecule has 0 aromatic carbocycles. The first-order valence-corrected chi connectivity index (χ1v) is 6.70. The molecule has 1 aliphatic rings. The first kappa shape index (κ1) is 15.9. The van der Waals surface area contributed by atoms with E-state index in [-0.39, 0.29) is 18.3 Å². The van der Waals surface area contributed by atoms with Crippen LogP contribution in [-0.2, 0) is 18.9 Å². The molecule has 108 valence electrons. The van der Waals surface area contributed by atoms with Crippen molar-refractivity contribution < 1.29 is 18.9 Å². The van der Waals surface area contributed by atoms with Crippen LogP contribution in [0.2, 0.25) is 0 Å². The van der Waals surface area contributed by atoms with E-state index in [0.29, 0.717) is 32.5 Å². The van der Waals surface area contributed by atoms with E-state index in [4.69, 9.17) is 18.9 Å². The average Bonchev–Trinajstić information content (AvgIpc) is 2.32. The maximum Gasteiger partial charge on any atom is 0.0991 e. The van der Waals surface area contributed by atoms with E-state index < -0.39 is 0 Å². The van der Waals surface area contributed by atoms with E-state index in [1.807, 2.05) is 20.9 Å². The van der Waals surface area contributed by atoms with Gasteiger partial charge in [0.15, 0.2) is 0 Å². The molecule has 0 aliphatic heterocycles. The summed E-state index contributed by atoms with van der Waals surface area (Å²) in [6.07, 6.45) is 1.56. The summed E-state index contributed by atoms with van der Waals surface area (Å²) in [5.41, 5.74) is 0.